The van der Waals surface area contributed by atoms with Crippen molar-refractivity contribution in [2.75, 3.05) is 24.7 Å². The summed E-state index contributed by atoms with van der Waals surface area (Å²) in [6, 6.07) is 8.10. The number of hydrogen-bond donors (Lipinski definition) is 1. The summed E-state index contributed by atoms with van der Waals surface area (Å²) in [4.78, 5) is 11.8. The van der Waals surface area contributed by atoms with Gasteiger partial charge >= 0.3 is 0 Å². The van der Waals surface area contributed by atoms with Crippen LogP contribution in [0.15, 0.2) is 41.2 Å². The molecule has 0 unspecified atom stereocenters. The third kappa shape index (κ3) is 2.82. The topological polar surface area (TPSA) is 93.0 Å². The largest absolute Gasteiger partial charge is 0.377 e. The van der Waals surface area contributed by atoms with E-state index in [1.807, 2.05) is 25.1 Å². The maximum atomic E-state index is 5.60. The summed E-state index contributed by atoms with van der Waals surface area (Å²) in [7, 11) is 0. The molecule has 1 saturated heterocycles. The Morgan fingerprint density at radius 1 is 1.21 bits per heavy atom. The van der Waals surface area contributed by atoms with Crippen molar-refractivity contribution in [3.05, 3.63) is 42.4 Å². The lowest BCUT2D eigenvalue weighted by Gasteiger charge is -2.34. The normalized spacial score (nSPS) is 17.4. The molecule has 5 rings (SSSR count). The molecule has 0 radical (unpaired) electrons. The summed E-state index contributed by atoms with van der Waals surface area (Å²) in [5, 5.41) is 12.1. The van der Waals surface area contributed by atoms with Crippen LogP contribution in [0.25, 0.3) is 33.6 Å². The minimum Gasteiger partial charge on any atom is -0.377 e. The lowest BCUT2D eigenvalue weighted by Crippen LogP contribution is -2.44. The molecule has 28 heavy (non-hydrogen) atoms. The first-order chi connectivity index (χ1) is 13.7. The molecule has 0 spiro atoms. The van der Waals surface area contributed by atoms with E-state index in [2.05, 4.69) is 38.2 Å². The van der Waals surface area contributed by atoms with Crippen molar-refractivity contribution < 1.29 is 9.26 Å². The van der Waals surface area contributed by atoms with Gasteiger partial charge in [-0.3, -0.25) is 10.1 Å². The van der Waals surface area contributed by atoms with Gasteiger partial charge in [-0.25, -0.2) is 4.98 Å². The van der Waals surface area contributed by atoms with Gasteiger partial charge in [-0.15, -0.1) is 0 Å². The van der Waals surface area contributed by atoms with Crippen LogP contribution in [0.4, 0.5) is 5.82 Å². The van der Waals surface area contributed by atoms with E-state index in [1.54, 1.807) is 12.4 Å². The Morgan fingerprint density at radius 2 is 2.14 bits per heavy atom. The molecule has 4 aromatic rings. The first kappa shape index (κ1) is 16.9. The van der Waals surface area contributed by atoms with Gasteiger partial charge in [0, 0.05) is 36.0 Å². The van der Waals surface area contributed by atoms with Crippen LogP contribution in [0.2, 0.25) is 0 Å². The lowest BCUT2D eigenvalue weighted by atomic mass is 10.0. The van der Waals surface area contributed by atoms with Gasteiger partial charge in [-0.1, -0.05) is 5.16 Å². The SMILES string of the molecule is Cc1cc(-c2cc(N3CCOC[C@H]3C)nc3c(-c4ccn[nH]4)nccc23)on1. The van der Waals surface area contributed by atoms with Gasteiger partial charge in [0.05, 0.1) is 30.6 Å². The summed E-state index contributed by atoms with van der Waals surface area (Å²) in [5.41, 5.74) is 4.17. The van der Waals surface area contributed by atoms with Crippen LogP contribution in [0.3, 0.4) is 0 Å². The summed E-state index contributed by atoms with van der Waals surface area (Å²) in [6.45, 7) is 6.20. The first-order valence-electron chi connectivity index (χ1n) is 9.28. The van der Waals surface area contributed by atoms with E-state index in [-0.39, 0.29) is 6.04 Å². The molecule has 1 aliphatic rings. The van der Waals surface area contributed by atoms with E-state index < -0.39 is 0 Å². The molecule has 0 bridgehead atoms. The van der Waals surface area contributed by atoms with Crippen LogP contribution < -0.4 is 4.90 Å². The number of aryl methyl sites for hydroxylation is 1. The molecular formula is C20H20N6O2. The molecule has 5 heterocycles. The van der Waals surface area contributed by atoms with Gasteiger partial charge < -0.3 is 14.2 Å². The Kier molecular flexibility index (Phi) is 4.05. The highest BCUT2D eigenvalue weighted by atomic mass is 16.5. The molecule has 0 amide bonds. The lowest BCUT2D eigenvalue weighted by molar-refractivity contribution is 0.0986. The van der Waals surface area contributed by atoms with Crippen molar-refractivity contribution in [3.8, 4) is 22.7 Å². The smallest absolute Gasteiger partial charge is 0.167 e. The number of H-pyrrole nitrogens is 1. The van der Waals surface area contributed by atoms with Crippen LogP contribution in [0.5, 0.6) is 0 Å². The number of ether oxygens (including phenoxy) is 1. The van der Waals surface area contributed by atoms with Crippen LogP contribution >= 0.6 is 0 Å². The number of nitrogens with one attached hydrogen (secondary N) is 1. The van der Waals surface area contributed by atoms with Crippen LogP contribution in [-0.2, 0) is 4.74 Å². The summed E-state index contributed by atoms with van der Waals surface area (Å²) in [6.07, 6.45) is 3.49. The molecule has 1 aliphatic heterocycles. The second-order valence-corrected chi connectivity index (χ2v) is 7.00. The highest BCUT2D eigenvalue weighted by molar-refractivity contribution is 6.00. The van der Waals surface area contributed by atoms with Crippen molar-refractivity contribution in [1.29, 1.82) is 0 Å². The zero-order valence-electron chi connectivity index (χ0n) is 15.7. The number of pyridine rings is 2. The third-order valence-corrected chi connectivity index (χ3v) is 5.03. The van der Waals surface area contributed by atoms with Crippen molar-refractivity contribution in [2.24, 2.45) is 0 Å². The second-order valence-electron chi connectivity index (χ2n) is 7.00. The fourth-order valence-corrected chi connectivity index (χ4v) is 3.63. The maximum Gasteiger partial charge on any atom is 0.167 e. The Hall–Kier alpha value is -3.26. The number of fused-ring (bicyclic) bond motifs is 1. The Balaban J connectivity index is 1.78. The zero-order valence-corrected chi connectivity index (χ0v) is 15.7. The Morgan fingerprint density at radius 3 is 2.89 bits per heavy atom. The summed E-state index contributed by atoms with van der Waals surface area (Å²) >= 11 is 0. The highest BCUT2D eigenvalue weighted by Crippen LogP contribution is 2.35. The molecular weight excluding hydrogens is 356 g/mol. The predicted octanol–water partition coefficient (Wildman–Crippen LogP) is 3.21. The quantitative estimate of drug-likeness (QED) is 0.587. The predicted molar refractivity (Wildman–Crippen MR) is 105 cm³/mol. The molecule has 1 fully saturated rings. The van der Waals surface area contributed by atoms with Crippen molar-refractivity contribution in [1.82, 2.24) is 25.3 Å². The van der Waals surface area contributed by atoms with E-state index in [4.69, 9.17) is 14.2 Å². The Bertz CT molecular complexity index is 1120. The van der Waals surface area contributed by atoms with Crippen LogP contribution in [-0.4, -0.2) is 51.1 Å². The molecule has 0 aromatic carbocycles. The number of aromatic nitrogens is 5. The van der Waals surface area contributed by atoms with Gasteiger partial charge in [0.1, 0.15) is 17.0 Å². The average molecular weight is 376 g/mol. The number of nitrogens with zero attached hydrogens (tertiary/aromatic N) is 5. The highest BCUT2D eigenvalue weighted by Gasteiger charge is 2.23. The van der Waals surface area contributed by atoms with Crippen molar-refractivity contribution in [3.63, 3.8) is 0 Å². The summed E-state index contributed by atoms with van der Waals surface area (Å²) in [5.74, 6) is 1.59. The van der Waals surface area contributed by atoms with E-state index in [0.29, 0.717) is 19.0 Å². The van der Waals surface area contributed by atoms with Gasteiger partial charge in [0.25, 0.3) is 0 Å². The van der Waals surface area contributed by atoms with Gasteiger partial charge in [-0.05, 0) is 32.0 Å². The Labute approximate surface area is 161 Å². The van der Waals surface area contributed by atoms with Crippen molar-refractivity contribution >= 4 is 16.7 Å². The third-order valence-electron chi connectivity index (χ3n) is 5.03. The molecule has 1 atom stereocenters. The van der Waals surface area contributed by atoms with Crippen LogP contribution in [0.1, 0.15) is 12.6 Å². The molecule has 142 valence electrons. The minimum atomic E-state index is 0.232. The zero-order chi connectivity index (χ0) is 19.1. The summed E-state index contributed by atoms with van der Waals surface area (Å²) < 4.78 is 11.2. The van der Waals surface area contributed by atoms with Crippen LogP contribution in [0, 0.1) is 6.92 Å². The molecule has 8 heteroatoms. The number of morpholine rings is 1. The first-order valence-corrected chi connectivity index (χ1v) is 9.28. The fourth-order valence-electron chi connectivity index (χ4n) is 3.63. The van der Waals surface area contributed by atoms with Gasteiger partial charge in [-0.2, -0.15) is 5.10 Å². The van der Waals surface area contributed by atoms with E-state index in [0.717, 1.165) is 45.9 Å². The van der Waals surface area contributed by atoms with Gasteiger partial charge in [0.15, 0.2) is 5.76 Å². The van der Waals surface area contributed by atoms with E-state index in [1.165, 1.54) is 0 Å². The molecule has 0 aliphatic carbocycles. The van der Waals surface area contributed by atoms with E-state index >= 15 is 0 Å². The number of anilines is 1. The molecule has 4 aromatic heterocycles. The van der Waals surface area contributed by atoms with E-state index in [9.17, 15) is 0 Å². The second kappa shape index (κ2) is 6.72. The van der Waals surface area contributed by atoms with Crippen molar-refractivity contribution in [2.45, 2.75) is 19.9 Å². The minimum absolute atomic E-state index is 0.232. The number of rotatable bonds is 3. The maximum absolute atomic E-state index is 5.60. The number of aromatic amines is 1. The fraction of sp³-hybridized carbons (Fsp3) is 0.300. The monoisotopic (exact) mass is 376 g/mol. The average Bonchev–Trinajstić information content (AvgIpc) is 3.39. The molecule has 0 saturated carbocycles. The standard InChI is InChI=1S/C20H20N6O2/c1-12-9-17(28-25-12)15-10-18(26-7-8-27-11-13(26)2)23-19-14(15)3-5-21-20(19)16-4-6-22-24-16/h3-6,9-10,13H,7-8,11H2,1-2H3,(H,22,24)/t13-/m1/s1. The molecule has 8 nitrogen and oxygen atoms in total. The number of hydrogen-bond acceptors (Lipinski definition) is 7. The van der Waals surface area contributed by atoms with Gasteiger partial charge in [0.2, 0.25) is 0 Å². The molecule has 1 N–H and O–H groups in total.